The second kappa shape index (κ2) is 7.85. The third kappa shape index (κ3) is 3.56. The Morgan fingerprint density at radius 3 is 3.07 bits per heavy atom. The van der Waals surface area contributed by atoms with Crippen molar-refractivity contribution in [2.45, 2.75) is 45.1 Å². The summed E-state index contributed by atoms with van der Waals surface area (Å²) < 4.78 is 22.5. The molecule has 0 radical (unpaired) electrons. The Morgan fingerprint density at radius 1 is 1.21 bits per heavy atom. The van der Waals surface area contributed by atoms with E-state index in [2.05, 4.69) is 25.6 Å². The van der Waals surface area contributed by atoms with Crippen LogP contribution in [0.25, 0.3) is 22.4 Å². The van der Waals surface area contributed by atoms with E-state index in [0.29, 0.717) is 19.8 Å². The highest BCUT2D eigenvalue weighted by Gasteiger charge is 2.20. The van der Waals surface area contributed by atoms with Crippen LogP contribution in [0.4, 0.5) is 0 Å². The summed E-state index contributed by atoms with van der Waals surface area (Å²) in [6, 6.07) is 4.06. The number of hydrogen-bond acceptors (Lipinski definition) is 5. The van der Waals surface area contributed by atoms with Gasteiger partial charge in [-0.15, -0.1) is 0 Å². The van der Waals surface area contributed by atoms with Crippen LogP contribution in [0.2, 0.25) is 0 Å². The molecule has 0 amide bonds. The molecule has 0 bridgehead atoms. The van der Waals surface area contributed by atoms with Crippen molar-refractivity contribution in [1.82, 2.24) is 19.3 Å². The minimum atomic E-state index is -0.0635. The van der Waals surface area contributed by atoms with Crippen LogP contribution in [0.15, 0.2) is 29.0 Å². The Labute approximate surface area is 171 Å². The molecule has 1 unspecified atom stereocenters. The molecule has 1 fully saturated rings. The predicted molar refractivity (Wildman–Crippen MR) is 108 cm³/mol. The van der Waals surface area contributed by atoms with Gasteiger partial charge in [0.25, 0.3) is 0 Å². The lowest BCUT2D eigenvalue weighted by atomic mass is 10.2. The molecule has 1 saturated heterocycles. The van der Waals surface area contributed by atoms with Crippen LogP contribution < -0.4 is 4.74 Å². The van der Waals surface area contributed by atoms with E-state index in [1.165, 1.54) is 6.42 Å². The predicted octanol–water partition coefficient (Wildman–Crippen LogP) is 3.99. The van der Waals surface area contributed by atoms with Gasteiger partial charge in [0.1, 0.15) is 17.1 Å². The van der Waals surface area contributed by atoms with Gasteiger partial charge in [-0.05, 0) is 37.8 Å². The van der Waals surface area contributed by atoms with Crippen molar-refractivity contribution < 1.29 is 14.2 Å². The standard InChI is InChI=1S/C20H23BrN4O3/c21-15-10-16-19-17(11-15)26-8-3-5-25(19)20(23-16)14-12-22-24(13-14)6-9-28-18-4-1-2-7-27-18/h10-13,18H,1-9H2. The Kier molecular flexibility index (Phi) is 5.09. The van der Waals surface area contributed by atoms with Gasteiger partial charge in [-0.3, -0.25) is 4.68 Å². The summed E-state index contributed by atoms with van der Waals surface area (Å²) in [7, 11) is 0. The fourth-order valence-corrected chi connectivity index (χ4v) is 4.30. The molecule has 28 heavy (non-hydrogen) atoms. The average molecular weight is 447 g/mol. The van der Waals surface area contributed by atoms with E-state index in [0.717, 1.165) is 65.1 Å². The van der Waals surface area contributed by atoms with Gasteiger partial charge in [-0.1, -0.05) is 15.9 Å². The number of imidazole rings is 1. The number of hydrogen-bond donors (Lipinski definition) is 0. The van der Waals surface area contributed by atoms with E-state index in [1.54, 1.807) is 0 Å². The molecule has 7 nitrogen and oxygen atoms in total. The van der Waals surface area contributed by atoms with E-state index < -0.39 is 0 Å². The molecule has 1 aromatic carbocycles. The maximum atomic E-state index is 5.93. The molecule has 1 atom stereocenters. The minimum absolute atomic E-state index is 0.0635. The van der Waals surface area contributed by atoms with E-state index in [-0.39, 0.29) is 6.29 Å². The quantitative estimate of drug-likeness (QED) is 0.592. The summed E-state index contributed by atoms with van der Waals surface area (Å²) >= 11 is 3.56. The highest BCUT2D eigenvalue weighted by atomic mass is 79.9. The van der Waals surface area contributed by atoms with Gasteiger partial charge in [-0.25, -0.2) is 4.98 Å². The lowest BCUT2D eigenvalue weighted by molar-refractivity contribution is -0.163. The molecule has 2 aliphatic heterocycles. The number of benzene rings is 1. The van der Waals surface area contributed by atoms with Crippen molar-refractivity contribution in [3.05, 3.63) is 29.0 Å². The minimum Gasteiger partial charge on any atom is -0.491 e. The lowest BCUT2D eigenvalue weighted by Gasteiger charge is -2.22. The Hall–Kier alpha value is -1.90. The van der Waals surface area contributed by atoms with E-state index in [1.807, 2.05) is 29.2 Å². The zero-order chi connectivity index (χ0) is 18.9. The fraction of sp³-hybridized carbons (Fsp3) is 0.500. The van der Waals surface area contributed by atoms with Crippen molar-refractivity contribution in [2.75, 3.05) is 19.8 Å². The van der Waals surface area contributed by atoms with Gasteiger partial charge in [0.05, 0.1) is 37.0 Å². The summed E-state index contributed by atoms with van der Waals surface area (Å²) in [4.78, 5) is 4.87. The first-order chi connectivity index (χ1) is 13.8. The molecule has 0 spiro atoms. The van der Waals surface area contributed by atoms with Gasteiger partial charge in [0.2, 0.25) is 0 Å². The summed E-state index contributed by atoms with van der Waals surface area (Å²) in [5, 5.41) is 4.50. The van der Waals surface area contributed by atoms with Crippen molar-refractivity contribution in [3.63, 3.8) is 0 Å². The molecular formula is C20H23BrN4O3. The highest BCUT2D eigenvalue weighted by molar-refractivity contribution is 9.10. The summed E-state index contributed by atoms with van der Waals surface area (Å²) in [5.41, 5.74) is 3.00. The fourth-order valence-electron chi connectivity index (χ4n) is 3.87. The molecule has 2 aromatic heterocycles. The third-order valence-corrected chi connectivity index (χ3v) is 5.67. The first kappa shape index (κ1) is 18.1. The van der Waals surface area contributed by atoms with Gasteiger partial charge < -0.3 is 18.8 Å². The van der Waals surface area contributed by atoms with Crippen molar-refractivity contribution >= 4 is 27.0 Å². The maximum absolute atomic E-state index is 5.93. The van der Waals surface area contributed by atoms with E-state index in [4.69, 9.17) is 19.2 Å². The topological polar surface area (TPSA) is 63.3 Å². The van der Waals surface area contributed by atoms with Gasteiger partial charge in [0, 0.05) is 23.8 Å². The van der Waals surface area contributed by atoms with Crippen LogP contribution in [0.5, 0.6) is 5.75 Å². The molecule has 2 aliphatic rings. The van der Waals surface area contributed by atoms with Crippen LogP contribution in [0, 0.1) is 0 Å². The monoisotopic (exact) mass is 446 g/mol. The first-order valence-corrected chi connectivity index (χ1v) is 10.7. The molecule has 3 aromatic rings. The number of aryl methyl sites for hydroxylation is 1. The molecule has 148 valence electrons. The van der Waals surface area contributed by atoms with Crippen LogP contribution in [-0.2, 0) is 22.6 Å². The molecule has 5 rings (SSSR count). The molecule has 0 aliphatic carbocycles. The number of aromatic nitrogens is 4. The van der Waals surface area contributed by atoms with Crippen molar-refractivity contribution in [1.29, 1.82) is 0 Å². The number of rotatable bonds is 5. The zero-order valence-electron chi connectivity index (χ0n) is 15.6. The van der Waals surface area contributed by atoms with Gasteiger partial charge in [0.15, 0.2) is 6.29 Å². The Bertz CT molecular complexity index is 977. The van der Waals surface area contributed by atoms with Crippen LogP contribution in [0.1, 0.15) is 25.7 Å². The average Bonchev–Trinajstić information content (AvgIpc) is 3.24. The largest absolute Gasteiger partial charge is 0.491 e. The van der Waals surface area contributed by atoms with Crippen LogP contribution >= 0.6 is 15.9 Å². The Balaban J connectivity index is 1.36. The van der Waals surface area contributed by atoms with Gasteiger partial charge in [-0.2, -0.15) is 5.10 Å². The molecule has 0 N–H and O–H groups in total. The van der Waals surface area contributed by atoms with Crippen molar-refractivity contribution in [3.8, 4) is 17.1 Å². The smallest absolute Gasteiger partial charge is 0.157 e. The second-order valence-corrected chi connectivity index (χ2v) is 8.14. The van der Waals surface area contributed by atoms with Crippen LogP contribution in [0.3, 0.4) is 0 Å². The van der Waals surface area contributed by atoms with E-state index in [9.17, 15) is 0 Å². The summed E-state index contributed by atoms with van der Waals surface area (Å²) in [6.45, 7) is 3.68. The normalized spacial score (nSPS) is 19.5. The lowest BCUT2D eigenvalue weighted by Crippen LogP contribution is -2.24. The molecule has 0 saturated carbocycles. The van der Waals surface area contributed by atoms with Crippen molar-refractivity contribution in [2.24, 2.45) is 0 Å². The van der Waals surface area contributed by atoms with Crippen LogP contribution in [-0.4, -0.2) is 45.4 Å². The molecule has 4 heterocycles. The third-order valence-electron chi connectivity index (χ3n) is 5.21. The second-order valence-electron chi connectivity index (χ2n) is 7.22. The van der Waals surface area contributed by atoms with Gasteiger partial charge >= 0.3 is 0 Å². The maximum Gasteiger partial charge on any atom is 0.157 e. The summed E-state index contributed by atoms with van der Waals surface area (Å²) in [5.74, 6) is 1.82. The SMILES string of the molecule is Brc1cc2c3c(c1)nc(-c1cnn(CCOC4CCCCO4)c1)n3CCCO2. The Morgan fingerprint density at radius 2 is 2.18 bits per heavy atom. The molecular weight excluding hydrogens is 424 g/mol. The highest BCUT2D eigenvalue weighted by Crippen LogP contribution is 2.35. The number of nitrogens with zero attached hydrogens (tertiary/aromatic N) is 4. The number of ether oxygens (including phenoxy) is 3. The van der Waals surface area contributed by atoms with E-state index >= 15 is 0 Å². The zero-order valence-corrected chi connectivity index (χ0v) is 17.2. The molecule has 8 heteroatoms. The number of halogens is 1. The summed E-state index contributed by atoms with van der Waals surface area (Å²) in [6.07, 6.45) is 8.09. The first-order valence-electron chi connectivity index (χ1n) is 9.86.